The van der Waals surface area contributed by atoms with Crippen molar-refractivity contribution in [3.05, 3.63) is 60.8 Å². The first kappa shape index (κ1) is 53.9. The molecule has 336 valence electrons. The van der Waals surface area contributed by atoms with Gasteiger partial charge in [-0.3, -0.25) is 4.79 Å². The normalized spacial score (nSPS) is 21.4. The van der Waals surface area contributed by atoms with Crippen molar-refractivity contribution in [2.45, 2.75) is 230 Å². The van der Waals surface area contributed by atoms with Crippen LogP contribution in [-0.4, -0.2) is 87.5 Å². The Morgan fingerprint density at radius 2 is 1.03 bits per heavy atom. The maximum Gasteiger partial charge on any atom is 0.220 e. The van der Waals surface area contributed by atoms with Gasteiger partial charge in [-0.05, 0) is 70.6 Å². The number of ether oxygens (including phenoxy) is 2. The van der Waals surface area contributed by atoms with Crippen LogP contribution in [0.3, 0.4) is 0 Å². The molecule has 1 rings (SSSR count). The van der Waals surface area contributed by atoms with E-state index in [9.17, 15) is 30.3 Å². The van der Waals surface area contributed by atoms with Gasteiger partial charge in [-0.15, -0.1) is 0 Å². The Labute approximate surface area is 354 Å². The van der Waals surface area contributed by atoms with Crippen molar-refractivity contribution < 1.29 is 39.8 Å². The zero-order chi connectivity index (χ0) is 42.3. The fourth-order valence-electron chi connectivity index (χ4n) is 7.00. The third-order valence-electron chi connectivity index (χ3n) is 10.8. The third kappa shape index (κ3) is 29.2. The minimum atomic E-state index is -1.58. The molecule has 1 aliphatic rings. The van der Waals surface area contributed by atoms with Gasteiger partial charge in [0, 0.05) is 6.42 Å². The van der Waals surface area contributed by atoms with E-state index in [4.69, 9.17) is 9.47 Å². The van der Waals surface area contributed by atoms with E-state index in [1.54, 1.807) is 6.08 Å². The molecule has 58 heavy (non-hydrogen) atoms. The first-order valence-corrected chi connectivity index (χ1v) is 23.5. The first-order chi connectivity index (χ1) is 28.3. The molecule has 6 N–H and O–H groups in total. The summed E-state index contributed by atoms with van der Waals surface area (Å²) in [6.45, 7) is 3.70. The van der Waals surface area contributed by atoms with Gasteiger partial charge in [-0.1, -0.05) is 171 Å². The second-order valence-corrected chi connectivity index (χ2v) is 16.2. The molecule has 0 aromatic rings. The van der Waals surface area contributed by atoms with Crippen molar-refractivity contribution in [3.8, 4) is 0 Å². The minimum Gasteiger partial charge on any atom is -0.394 e. The molecule has 0 spiro atoms. The highest BCUT2D eigenvalue weighted by Gasteiger charge is 2.44. The van der Waals surface area contributed by atoms with Gasteiger partial charge < -0.3 is 40.3 Å². The zero-order valence-electron chi connectivity index (χ0n) is 36.8. The van der Waals surface area contributed by atoms with E-state index in [0.717, 1.165) is 57.8 Å². The quantitative estimate of drug-likeness (QED) is 0.0205. The van der Waals surface area contributed by atoms with Crippen LogP contribution in [0.25, 0.3) is 0 Å². The predicted octanol–water partition coefficient (Wildman–Crippen LogP) is 10.0. The summed E-state index contributed by atoms with van der Waals surface area (Å²) in [5.74, 6) is -0.198. The van der Waals surface area contributed by atoms with Gasteiger partial charge in [0.2, 0.25) is 5.91 Å². The number of hydrogen-bond acceptors (Lipinski definition) is 8. The molecule has 7 atom stereocenters. The van der Waals surface area contributed by atoms with E-state index >= 15 is 0 Å². The standard InChI is InChI=1S/C49H87NO8/c1-3-5-7-9-11-13-15-17-19-21-22-23-25-27-29-31-33-35-37-39-45(53)50-42(41-57-49-48(56)47(55)46(54)44(40-51)58-49)43(52)38-36-34-32-30-28-26-24-20-18-16-14-12-10-8-6-4-2/h11,13,15,17-18,20,28,30,36,38,42-44,46-49,51-52,54-56H,3-10,12,14,16,19,21-27,29,31-35,37,39-41H2,1-2H3,(H,50,53)/b13-11-,17-15-,20-18+,30-28+,38-36+. The van der Waals surface area contributed by atoms with Gasteiger partial charge >= 0.3 is 0 Å². The molecule has 9 nitrogen and oxygen atoms in total. The minimum absolute atomic E-state index is 0.198. The summed E-state index contributed by atoms with van der Waals surface area (Å²) in [5.41, 5.74) is 0. The number of carbonyl (C=O) groups is 1. The van der Waals surface area contributed by atoms with Crippen molar-refractivity contribution in [1.82, 2.24) is 5.32 Å². The maximum absolute atomic E-state index is 13.0. The van der Waals surface area contributed by atoms with Crippen molar-refractivity contribution in [2.75, 3.05) is 13.2 Å². The number of rotatable bonds is 38. The smallest absolute Gasteiger partial charge is 0.220 e. The van der Waals surface area contributed by atoms with E-state index in [2.05, 4.69) is 67.8 Å². The van der Waals surface area contributed by atoms with Crippen LogP contribution in [0.4, 0.5) is 0 Å². The van der Waals surface area contributed by atoms with E-state index < -0.39 is 49.5 Å². The van der Waals surface area contributed by atoms with Gasteiger partial charge in [0.15, 0.2) is 6.29 Å². The lowest BCUT2D eigenvalue weighted by atomic mass is 9.99. The highest BCUT2D eigenvalue weighted by Crippen LogP contribution is 2.22. The number of aliphatic hydroxyl groups is 5. The zero-order valence-corrected chi connectivity index (χ0v) is 36.8. The maximum atomic E-state index is 13.0. The summed E-state index contributed by atoms with van der Waals surface area (Å²) in [6, 6.07) is -0.831. The molecular weight excluding hydrogens is 731 g/mol. The number of unbranched alkanes of at least 4 members (excludes halogenated alkanes) is 21. The Morgan fingerprint density at radius 3 is 1.59 bits per heavy atom. The molecule has 0 saturated carbocycles. The Bertz CT molecular complexity index is 1090. The average Bonchev–Trinajstić information content (AvgIpc) is 3.22. The lowest BCUT2D eigenvalue weighted by Crippen LogP contribution is -2.60. The van der Waals surface area contributed by atoms with Gasteiger partial charge in [-0.25, -0.2) is 0 Å². The number of aliphatic hydroxyl groups excluding tert-OH is 5. The van der Waals surface area contributed by atoms with Crippen molar-refractivity contribution in [3.63, 3.8) is 0 Å². The molecule has 0 bridgehead atoms. The van der Waals surface area contributed by atoms with Crippen molar-refractivity contribution >= 4 is 5.91 Å². The van der Waals surface area contributed by atoms with Crippen molar-refractivity contribution in [2.24, 2.45) is 0 Å². The molecular formula is C49H87NO8. The Kier molecular flexibility index (Phi) is 36.3. The van der Waals surface area contributed by atoms with Crippen LogP contribution in [-0.2, 0) is 14.3 Å². The number of amides is 1. The molecule has 1 aliphatic heterocycles. The lowest BCUT2D eigenvalue weighted by molar-refractivity contribution is -0.302. The number of carbonyl (C=O) groups excluding carboxylic acids is 1. The Morgan fingerprint density at radius 1 is 0.586 bits per heavy atom. The molecule has 9 heteroatoms. The van der Waals surface area contributed by atoms with E-state index in [-0.39, 0.29) is 12.5 Å². The fraction of sp³-hybridized carbons (Fsp3) is 0.776. The molecule has 1 saturated heterocycles. The monoisotopic (exact) mass is 818 g/mol. The van der Waals surface area contributed by atoms with Gasteiger partial charge in [0.05, 0.1) is 25.4 Å². The number of hydrogen-bond donors (Lipinski definition) is 6. The van der Waals surface area contributed by atoms with Crippen LogP contribution in [0, 0.1) is 0 Å². The van der Waals surface area contributed by atoms with Gasteiger partial charge in [-0.2, -0.15) is 0 Å². The molecule has 0 radical (unpaired) electrons. The summed E-state index contributed by atoms with van der Waals surface area (Å²) in [5, 5.41) is 54.2. The molecule has 7 unspecified atom stereocenters. The van der Waals surface area contributed by atoms with Gasteiger partial charge in [0.1, 0.15) is 24.4 Å². The summed E-state index contributed by atoms with van der Waals surface area (Å²) < 4.78 is 11.2. The highest BCUT2D eigenvalue weighted by atomic mass is 16.7. The fourth-order valence-corrected chi connectivity index (χ4v) is 7.00. The third-order valence-corrected chi connectivity index (χ3v) is 10.8. The summed E-state index contributed by atoms with van der Waals surface area (Å²) in [7, 11) is 0. The first-order valence-electron chi connectivity index (χ1n) is 23.5. The van der Waals surface area contributed by atoms with E-state index in [1.165, 1.54) is 109 Å². The van der Waals surface area contributed by atoms with Gasteiger partial charge in [0.25, 0.3) is 0 Å². The topological polar surface area (TPSA) is 149 Å². The summed E-state index contributed by atoms with van der Waals surface area (Å²) >= 11 is 0. The van der Waals surface area contributed by atoms with Crippen LogP contribution >= 0.6 is 0 Å². The van der Waals surface area contributed by atoms with E-state index in [0.29, 0.717) is 6.42 Å². The molecule has 1 fully saturated rings. The van der Waals surface area contributed by atoms with E-state index in [1.807, 2.05) is 6.08 Å². The molecule has 0 aromatic carbocycles. The SMILES string of the molecule is CCCCC/C=C\C=C/CCCCCCCCCCCCC(=O)NC(COC1OC(CO)C(O)C(O)C1O)C(O)/C=C/CC/C=C/CC/C=C/CCCCCCCC. The Hall–Kier alpha value is -2.11. The summed E-state index contributed by atoms with van der Waals surface area (Å²) in [6.07, 6.45) is 44.0. The number of allylic oxidation sites excluding steroid dienone is 9. The Balaban J connectivity index is 2.38. The summed E-state index contributed by atoms with van der Waals surface area (Å²) in [4.78, 5) is 13.0. The molecule has 1 amide bonds. The van der Waals surface area contributed by atoms with Crippen LogP contribution < -0.4 is 5.32 Å². The molecule has 0 aromatic heterocycles. The average molecular weight is 818 g/mol. The van der Waals surface area contributed by atoms with Crippen LogP contribution in [0.2, 0.25) is 0 Å². The second-order valence-electron chi connectivity index (χ2n) is 16.2. The van der Waals surface area contributed by atoms with Crippen molar-refractivity contribution in [1.29, 1.82) is 0 Å². The highest BCUT2D eigenvalue weighted by molar-refractivity contribution is 5.76. The van der Waals surface area contributed by atoms with Crippen LogP contribution in [0.5, 0.6) is 0 Å². The lowest BCUT2D eigenvalue weighted by Gasteiger charge is -2.40. The second kappa shape index (κ2) is 39.1. The molecule has 0 aliphatic carbocycles. The largest absolute Gasteiger partial charge is 0.394 e. The van der Waals surface area contributed by atoms with Crippen LogP contribution in [0.1, 0.15) is 187 Å². The molecule has 1 heterocycles. The number of nitrogens with one attached hydrogen (secondary N) is 1. The van der Waals surface area contributed by atoms with Crippen LogP contribution in [0.15, 0.2) is 60.8 Å². The predicted molar refractivity (Wildman–Crippen MR) is 239 cm³/mol.